The molecule has 1 atom stereocenters. The molecule has 2 aromatic rings. The van der Waals surface area contributed by atoms with Crippen molar-refractivity contribution in [2.24, 2.45) is 0 Å². The molecular weight excluding hydrogens is 314 g/mol. The van der Waals surface area contributed by atoms with Crippen molar-refractivity contribution < 1.29 is 9.53 Å². The van der Waals surface area contributed by atoms with Gasteiger partial charge in [0, 0.05) is 25.0 Å². The lowest BCUT2D eigenvalue weighted by molar-refractivity contribution is 0.0908. The van der Waals surface area contributed by atoms with E-state index >= 15 is 0 Å². The van der Waals surface area contributed by atoms with E-state index < -0.39 is 0 Å². The number of carbonyl (C=O) groups excluding carboxylic acids is 1. The van der Waals surface area contributed by atoms with Crippen molar-refractivity contribution in [2.45, 2.75) is 19.4 Å². The Bertz CT molecular complexity index is 726. The van der Waals surface area contributed by atoms with Gasteiger partial charge in [0.25, 0.3) is 5.91 Å². The van der Waals surface area contributed by atoms with E-state index in [-0.39, 0.29) is 12.0 Å². The van der Waals surface area contributed by atoms with E-state index in [0.717, 1.165) is 36.6 Å². The molecule has 1 aromatic heterocycles. The molecule has 5 nitrogen and oxygen atoms in total. The number of nitrogens with one attached hydrogen (secondary N) is 1. The van der Waals surface area contributed by atoms with Crippen LogP contribution in [0.5, 0.6) is 0 Å². The summed E-state index contributed by atoms with van der Waals surface area (Å²) in [5, 5.41) is 2.88. The number of hydrogen-bond donors (Lipinski definition) is 1. The van der Waals surface area contributed by atoms with E-state index in [4.69, 9.17) is 4.74 Å². The molecule has 1 amide bonds. The Morgan fingerprint density at radius 3 is 2.84 bits per heavy atom. The standard InChI is InChI=1S/C20H23N3O2/c1-3-12-25-18-10-11-23(14-18)19-9-6-16(13-21-19)20(24)22-17-7-4-15(2)5-8-17/h3-9,13,18H,1,10-12,14H2,2H3,(H,22,24). The summed E-state index contributed by atoms with van der Waals surface area (Å²) < 4.78 is 5.69. The lowest BCUT2D eigenvalue weighted by Crippen LogP contribution is -2.24. The van der Waals surface area contributed by atoms with E-state index in [1.165, 1.54) is 0 Å². The Morgan fingerprint density at radius 1 is 1.36 bits per heavy atom. The monoisotopic (exact) mass is 337 g/mol. The van der Waals surface area contributed by atoms with Crippen LogP contribution in [0.15, 0.2) is 55.3 Å². The molecule has 1 aliphatic rings. The van der Waals surface area contributed by atoms with Gasteiger partial charge in [0.1, 0.15) is 5.82 Å². The Hall–Kier alpha value is -2.66. The lowest BCUT2D eigenvalue weighted by atomic mass is 10.2. The molecule has 2 heterocycles. The first-order valence-electron chi connectivity index (χ1n) is 8.47. The van der Waals surface area contributed by atoms with Gasteiger partial charge in [0.2, 0.25) is 0 Å². The second-order valence-electron chi connectivity index (χ2n) is 6.20. The van der Waals surface area contributed by atoms with Crippen LogP contribution in [-0.4, -0.2) is 36.7 Å². The predicted octanol–water partition coefficient (Wildman–Crippen LogP) is 3.42. The molecule has 0 bridgehead atoms. The first kappa shape index (κ1) is 17.2. The second kappa shape index (κ2) is 7.94. The fraction of sp³-hybridized carbons (Fsp3) is 0.300. The Labute approximate surface area is 148 Å². The zero-order valence-corrected chi connectivity index (χ0v) is 14.4. The molecule has 25 heavy (non-hydrogen) atoms. The van der Waals surface area contributed by atoms with Crippen LogP contribution in [0, 0.1) is 6.92 Å². The zero-order chi connectivity index (χ0) is 17.6. The molecular formula is C20H23N3O2. The Balaban J connectivity index is 1.59. The summed E-state index contributed by atoms with van der Waals surface area (Å²) in [7, 11) is 0. The first-order chi connectivity index (χ1) is 12.2. The molecule has 0 saturated carbocycles. The topological polar surface area (TPSA) is 54.5 Å². The van der Waals surface area contributed by atoms with Gasteiger partial charge in [-0.1, -0.05) is 23.8 Å². The maximum atomic E-state index is 12.3. The van der Waals surface area contributed by atoms with E-state index in [0.29, 0.717) is 12.2 Å². The van der Waals surface area contributed by atoms with Crippen LogP contribution in [0.3, 0.4) is 0 Å². The van der Waals surface area contributed by atoms with Crippen LogP contribution in [0.4, 0.5) is 11.5 Å². The third-order valence-corrected chi connectivity index (χ3v) is 4.24. The lowest BCUT2D eigenvalue weighted by Gasteiger charge is -2.17. The quantitative estimate of drug-likeness (QED) is 0.821. The van der Waals surface area contributed by atoms with Crippen LogP contribution in [-0.2, 0) is 4.74 Å². The minimum absolute atomic E-state index is 0.156. The summed E-state index contributed by atoms with van der Waals surface area (Å²) in [5.74, 6) is 0.716. The number of nitrogens with zero attached hydrogens (tertiary/aromatic N) is 2. The number of aryl methyl sites for hydroxylation is 1. The highest BCUT2D eigenvalue weighted by Crippen LogP contribution is 2.20. The van der Waals surface area contributed by atoms with Crippen molar-refractivity contribution in [2.75, 3.05) is 29.9 Å². The van der Waals surface area contributed by atoms with Gasteiger partial charge in [0.15, 0.2) is 0 Å². The summed E-state index contributed by atoms with van der Waals surface area (Å²) in [5.41, 5.74) is 2.48. The van der Waals surface area contributed by atoms with Gasteiger partial charge in [-0.15, -0.1) is 6.58 Å². The van der Waals surface area contributed by atoms with Crippen LogP contribution >= 0.6 is 0 Å². The number of aromatic nitrogens is 1. The number of ether oxygens (including phenoxy) is 1. The molecule has 0 spiro atoms. The van der Waals surface area contributed by atoms with Crippen molar-refractivity contribution in [3.05, 3.63) is 66.4 Å². The van der Waals surface area contributed by atoms with E-state index in [1.807, 2.05) is 43.3 Å². The summed E-state index contributed by atoms with van der Waals surface area (Å²) >= 11 is 0. The number of pyridine rings is 1. The zero-order valence-electron chi connectivity index (χ0n) is 14.4. The van der Waals surface area contributed by atoms with Crippen LogP contribution in [0.1, 0.15) is 22.3 Å². The molecule has 1 fully saturated rings. The van der Waals surface area contributed by atoms with E-state index in [1.54, 1.807) is 12.3 Å². The number of benzene rings is 1. The summed E-state index contributed by atoms with van der Waals surface area (Å²) in [6.07, 6.45) is 4.58. The molecule has 3 rings (SSSR count). The molecule has 1 aromatic carbocycles. The maximum Gasteiger partial charge on any atom is 0.257 e. The minimum atomic E-state index is -0.156. The number of carbonyl (C=O) groups is 1. The molecule has 5 heteroatoms. The summed E-state index contributed by atoms with van der Waals surface area (Å²) in [6.45, 7) is 7.98. The number of anilines is 2. The highest BCUT2D eigenvalue weighted by molar-refractivity contribution is 6.04. The second-order valence-corrected chi connectivity index (χ2v) is 6.20. The predicted molar refractivity (Wildman–Crippen MR) is 100 cm³/mol. The molecule has 1 unspecified atom stereocenters. The number of rotatable bonds is 6. The molecule has 1 saturated heterocycles. The maximum absolute atomic E-state index is 12.3. The Kier molecular flexibility index (Phi) is 5.46. The van der Waals surface area contributed by atoms with Gasteiger partial charge in [0.05, 0.1) is 18.3 Å². The van der Waals surface area contributed by atoms with Crippen molar-refractivity contribution in [3.63, 3.8) is 0 Å². The van der Waals surface area contributed by atoms with Gasteiger partial charge in [-0.2, -0.15) is 0 Å². The van der Waals surface area contributed by atoms with Gasteiger partial charge in [-0.3, -0.25) is 4.79 Å². The normalized spacial score (nSPS) is 16.7. The smallest absolute Gasteiger partial charge is 0.257 e. The highest BCUT2D eigenvalue weighted by atomic mass is 16.5. The average Bonchev–Trinajstić information content (AvgIpc) is 3.11. The average molecular weight is 337 g/mol. The summed E-state index contributed by atoms with van der Waals surface area (Å²) in [6, 6.07) is 11.4. The van der Waals surface area contributed by atoms with Crippen LogP contribution in [0.25, 0.3) is 0 Å². The number of amides is 1. The van der Waals surface area contributed by atoms with Gasteiger partial charge < -0.3 is 15.0 Å². The van der Waals surface area contributed by atoms with E-state index in [2.05, 4.69) is 21.8 Å². The van der Waals surface area contributed by atoms with Crippen molar-refractivity contribution in [1.82, 2.24) is 4.98 Å². The molecule has 0 aliphatic carbocycles. The fourth-order valence-electron chi connectivity index (χ4n) is 2.82. The van der Waals surface area contributed by atoms with Crippen LogP contribution in [0.2, 0.25) is 0 Å². The molecule has 1 aliphatic heterocycles. The van der Waals surface area contributed by atoms with E-state index in [9.17, 15) is 4.79 Å². The van der Waals surface area contributed by atoms with Crippen molar-refractivity contribution in [1.29, 1.82) is 0 Å². The van der Waals surface area contributed by atoms with Gasteiger partial charge >= 0.3 is 0 Å². The van der Waals surface area contributed by atoms with Crippen LogP contribution < -0.4 is 10.2 Å². The molecule has 0 radical (unpaired) electrons. The minimum Gasteiger partial charge on any atom is -0.372 e. The Morgan fingerprint density at radius 2 is 2.16 bits per heavy atom. The van der Waals surface area contributed by atoms with Gasteiger partial charge in [-0.05, 0) is 37.6 Å². The largest absolute Gasteiger partial charge is 0.372 e. The SMILES string of the molecule is C=CCOC1CCN(c2ccc(C(=O)Nc3ccc(C)cc3)cn2)C1. The van der Waals surface area contributed by atoms with Crippen molar-refractivity contribution in [3.8, 4) is 0 Å². The van der Waals surface area contributed by atoms with Crippen molar-refractivity contribution >= 4 is 17.4 Å². The van der Waals surface area contributed by atoms with Gasteiger partial charge in [-0.25, -0.2) is 4.98 Å². The third kappa shape index (κ3) is 4.45. The third-order valence-electron chi connectivity index (χ3n) is 4.24. The summed E-state index contributed by atoms with van der Waals surface area (Å²) in [4.78, 5) is 18.9. The molecule has 130 valence electrons. The molecule has 1 N–H and O–H groups in total. The first-order valence-corrected chi connectivity index (χ1v) is 8.47. The fourth-order valence-corrected chi connectivity index (χ4v) is 2.82. The number of hydrogen-bond acceptors (Lipinski definition) is 4. The highest BCUT2D eigenvalue weighted by Gasteiger charge is 2.23.